The van der Waals surface area contributed by atoms with Crippen molar-refractivity contribution >= 4 is 23.0 Å². The van der Waals surface area contributed by atoms with Gasteiger partial charge in [0, 0.05) is 57.4 Å². The second kappa shape index (κ2) is 9.74. The van der Waals surface area contributed by atoms with Crippen LogP contribution in [0.15, 0.2) is 42.5 Å². The molecule has 0 N–H and O–H groups in total. The van der Waals surface area contributed by atoms with Crippen LogP contribution in [-0.2, 0) is 0 Å². The van der Waals surface area contributed by atoms with Gasteiger partial charge in [-0.1, -0.05) is 25.1 Å². The highest BCUT2D eigenvalue weighted by atomic mass is 19.1. The molecule has 2 aliphatic heterocycles. The average molecular weight is 456 g/mol. The third-order valence-electron chi connectivity index (χ3n) is 6.65. The Balaban J connectivity index is 1.56. The summed E-state index contributed by atoms with van der Waals surface area (Å²) in [5, 5.41) is 11.8. The first-order valence-corrected chi connectivity index (χ1v) is 11.4. The zero-order chi connectivity index (χ0) is 23.5. The average Bonchev–Trinajstić information content (AvgIpc) is 2.84. The molecule has 2 aromatic carbocycles. The monoisotopic (exact) mass is 455 g/mol. The van der Waals surface area contributed by atoms with Gasteiger partial charge in [-0.25, -0.2) is 4.39 Å². The largest absolute Gasteiger partial charge is 0.367 e. The normalized spacial score (nSPS) is 19.6. The third-order valence-corrected chi connectivity index (χ3v) is 6.65. The molecule has 0 aliphatic carbocycles. The van der Waals surface area contributed by atoms with Crippen molar-refractivity contribution in [2.75, 3.05) is 62.2 Å². The number of likely N-dealkylation sites (N-methyl/N-ethyl adjacent to an activating group) is 1. The lowest BCUT2D eigenvalue weighted by molar-refractivity contribution is -0.384. The van der Waals surface area contributed by atoms with E-state index in [2.05, 4.69) is 11.8 Å². The topological polar surface area (TPSA) is 73.2 Å². The number of rotatable bonds is 5. The molecule has 2 heterocycles. The summed E-state index contributed by atoms with van der Waals surface area (Å²) in [6, 6.07) is 11.6. The molecule has 0 bridgehead atoms. The van der Waals surface area contributed by atoms with Gasteiger partial charge in [0.15, 0.2) is 5.82 Å². The second-order valence-electron chi connectivity index (χ2n) is 8.63. The van der Waals surface area contributed by atoms with Crippen LogP contribution in [0.25, 0.3) is 0 Å². The van der Waals surface area contributed by atoms with Crippen molar-refractivity contribution < 1.29 is 14.1 Å². The summed E-state index contributed by atoms with van der Waals surface area (Å²) < 4.78 is 14.9. The summed E-state index contributed by atoms with van der Waals surface area (Å²) >= 11 is 0. The van der Waals surface area contributed by atoms with Gasteiger partial charge in [-0.3, -0.25) is 14.9 Å². The van der Waals surface area contributed by atoms with Gasteiger partial charge >= 0.3 is 0 Å². The van der Waals surface area contributed by atoms with E-state index in [1.54, 1.807) is 23.1 Å². The summed E-state index contributed by atoms with van der Waals surface area (Å²) in [4.78, 5) is 32.1. The van der Waals surface area contributed by atoms with E-state index in [1.165, 1.54) is 0 Å². The molecule has 1 atom stereocenters. The van der Waals surface area contributed by atoms with Crippen LogP contribution < -0.4 is 9.80 Å². The Bertz CT molecular complexity index is 1010. The summed E-state index contributed by atoms with van der Waals surface area (Å²) in [6.07, 6.45) is 0. The second-order valence-corrected chi connectivity index (χ2v) is 8.63. The molecular formula is C24H30FN5O3. The highest BCUT2D eigenvalue weighted by Crippen LogP contribution is 2.36. The molecule has 176 valence electrons. The standard InChI is InChI=1S/C24H30FN5O3/c1-3-26-9-11-27(12-10-26)21-16-22(23(30(32)33)15-20(21)25)28-13-14-29(18(2)17-28)24(31)19-7-5-4-6-8-19/h4-8,15-16,18H,3,9-14,17H2,1-2H3. The Hall–Kier alpha value is -3.20. The highest BCUT2D eigenvalue weighted by Gasteiger charge is 2.32. The van der Waals surface area contributed by atoms with Crippen molar-refractivity contribution in [2.24, 2.45) is 0 Å². The van der Waals surface area contributed by atoms with Gasteiger partial charge < -0.3 is 19.6 Å². The van der Waals surface area contributed by atoms with Crippen molar-refractivity contribution in [1.82, 2.24) is 9.80 Å². The van der Waals surface area contributed by atoms with E-state index in [0.717, 1.165) is 25.7 Å². The molecule has 2 aromatic rings. The maximum Gasteiger partial charge on any atom is 0.295 e. The summed E-state index contributed by atoms with van der Waals surface area (Å²) in [7, 11) is 0. The lowest BCUT2D eigenvalue weighted by atomic mass is 10.1. The van der Waals surface area contributed by atoms with Crippen molar-refractivity contribution in [3.05, 3.63) is 64.0 Å². The SMILES string of the molecule is CCN1CCN(c2cc(N3CCN(C(=O)c4ccccc4)C(C)C3)c([N+](=O)[O-])cc2F)CC1. The minimum atomic E-state index is -0.568. The Morgan fingerprint density at radius 3 is 2.30 bits per heavy atom. The molecule has 33 heavy (non-hydrogen) atoms. The smallest absolute Gasteiger partial charge is 0.295 e. The van der Waals surface area contributed by atoms with Gasteiger partial charge in [-0.15, -0.1) is 0 Å². The van der Waals surface area contributed by atoms with Crippen LogP contribution in [0.3, 0.4) is 0 Å². The van der Waals surface area contributed by atoms with Gasteiger partial charge in [0.05, 0.1) is 16.7 Å². The van der Waals surface area contributed by atoms with E-state index >= 15 is 0 Å². The number of nitro benzene ring substituents is 1. The number of nitrogens with zero attached hydrogens (tertiary/aromatic N) is 5. The van der Waals surface area contributed by atoms with Gasteiger partial charge in [0.25, 0.3) is 11.6 Å². The van der Waals surface area contributed by atoms with Crippen LogP contribution in [0.4, 0.5) is 21.5 Å². The minimum Gasteiger partial charge on any atom is -0.367 e. The Morgan fingerprint density at radius 2 is 1.70 bits per heavy atom. The maximum atomic E-state index is 14.9. The lowest BCUT2D eigenvalue weighted by Crippen LogP contribution is -2.54. The summed E-state index contributed by atoms with van der Waals surface area (Å²) in [6.45, 7) is 9.33. The van der Waals surface area contributed by atoms with Crippen molar-refractivity contribution in [3.63, 3.8) is 0 Å². The van der Waals surface area contributed by atoms with Crippen molar-refractivity contribution in [2.45, 2.75) is 19.9 Å². The number of piperazine rings is 2. The van der Waals surface area contributed by atoms with Crippen LogP contribution in [0.1, 0.15) is 24.2 Å². The Kier molecular flexibility index (Phi) is 6.78. The van der Waals surface area contributed by atoms with Gasteiger partial charge in [0.2, 0.25) is 0 Å². The van der Waals surface area contributed by atoms with E-state index < -0.39 is 10.7 Å². The number of carbonyl (C=O) groups excluding carboxylic acids is 1. The van der Waals surface area contributed by atoms with Crippen LogP contribution in [-0.4, -0.2) is 79.0 Å². The lowest BCUT2D eigenvalue weighted by Gasteiger charge is -2.41. The molecule has 0 radical (unpaired) electrons. The van der Waals surface area contributed by atoms with E-state index in [-0.39, 0.29) is 17.6 Å². The fourth-order valence-electron chi connectivity index (χ4n) is 4.71. The first-order valence-electron chi connectivity index (χ1n) is 11.4. The van der Waals surface area contributed by atoms with Crippen molar-refractivity contribution in [1.29, 1.82) is 0 Å². The quantitative estimate of drug-likeness (QED) is 0.509. The van der Waals surface area contributed by atoms with E-state index in [1.807, 2.05) is 34.9 Å². The molecule has 1 amide bonds. The first-order chi connectivity index (χ1) is 15.9. The van der Waals surface area contributed by atoms with E-state index in [0.29, 0.717) is 49.7 Å². The summed E-state index contributed by atoms with van der Waals surface area (Å²) in [5.41, 5.74) is 1.20. The molecule has 0 spiro atoms. The van der Waals surface area contributed by atoms with E-state index in [9.17, 15) is 19.3 Å². The van der Waals surface area contributed by atoms with Crippen molar-refractivity contribution in [3.8, 4) is 0 Å². The molecule has 2 fully saturated rings. The number of halogens is 1. The molecule has 4 rings (SSSR count). The fraction of sp³-hybridized carbons (Fsp3) is 0.458. The van der Waals surface area contributed by atoms with Crippen LogP contribution in [0, 0.1) is 15.9 Å². The zero-order valence-electron chi connectivity index (χ0n) is 19.1. The highest BCUT2D eigenvalue weighted by molar-refractivity contribution is 5.94. The minimum absolute atomic E-state index is 0.0501. The van der Waals surface area contributed by atoms with Gasteiger partial charge in [-0.05, 0) is 31.7 Å². The number of anilines is 2. The molecule has 2 aliphatic rings. The number of hydrogen-bond acceptors (Lipinski definition) is 6. The number of benzene rings is 2. The molecule has 0 aromatic heterocycles. The predicted octanol–water partition coefficient (Wildman–Crippen LogP) is 3.23. The van der Waals surface area contributed by atoms with Gasteiger partial charge in [-0.2, -0.15) is 0 Å². The molecular weight excluding hydrogens is 425 g/mol. The first kappa shape index (κ1) is 23.0. The molecule has 9 heteroatoms. The molecule has 0 saturated carbocycles. The van der Waals surface area contributed by atoms with Crippen LogP contribution in [0.5, 0.6) is 0 Å². The van der Waals surface area contributed by atoms with Gasteiger partial charge in [0.1, 0.15) is 5.69 Å². The number of carbonyl (C=O) groups is 1. The Morgan fingerprint density at radius 1 is 1.03 bits per heavy atom. The number of nitro groups is 1. The number of hydrogen-bond donors (Lipinski definition) is 0. The van der Waals surface area contributed by atoms with Crippen LogP contribution in [0.2, 0.25) is 0 Å². The Labute approximate surface area is 193 Å². The predicted molar refractivity (Wildman–Crippen MR) is 127 cm³/mol. The summed E-state index contributed by atoms with van der Waals surface area (Å²) in [5.74, 6) is -0.618. The van der Waals surface area contributed by atoms with E-state index in [4.69, 9.17) is 0 Å². The van der Waals surface area contributed by atoms with Crippen LogP contribution >= 0.6 is 0 Å². The molecule has 1 unspecified atom stereocenters. The number of amides is 1. The maximum absolute atomic E-state index is 14.9. The fourth-order valence-corrected chi connectivity index (χ4v) is 4.71. The molecule has 8 nitrogen and oxygen atoms in total. The third kappa shape index (κ3) is 4.78. The zero-order valence-corrected chi connectivity index (χ0v) is 19.1. The molecule has 2 saturated heterocycles.